The Morgan fingerprint density at radius 2 is 1.84 bits per heavy atom. The van der Waals surface area contributed by atoms with Gasteiger partial charge in [-0.05, 0) is 12.1 Å². The van der Waals surface area contributed by atoms with Crippen LogP contribution >= 0.6 is 0 Å². The molecule has 98 valence electrons. The SMILES string of the molecule is Nc1nccnc1-c1ccnc(N2CCOCC2)c1. The van der Waals surface area contributed by atoms with Crippen molar-refractivity contribution in [1.29, 1.82) is 0 Å². The Hall–Kier alpha value is -2.21. The molecular weight excluding hydrogens is 242 g/mol. The highest BCUT2D eigenvalue weighted by molar-refractivity contribution is 5.71. The van der Waals surface area contributed by atoms with Crippen molar-refractivity contribution in [1.82, 2.24) is 15.0 Å². The number of pyridine rings is 1. The average molecular weight is 257 g/mol. The van der Waals surface area contributed by atoms with E-state index in [1.807, 2.05) is 12.1 Å². The number of morpholine rings is 1. The minimum absolute atomic E-state index is 0.432. The molecule has 1 saturated heterocycles. The van der Waals surface area contributed by atoms with E-state index in [1.165, 1.54) is 0 Å². The molecule has 3 rings (SSSR count). The van der Waals surface area contributed by atoms with Gasteiger partial charge in [0.2, 0.25) is 0 Å². The fourth-order valence-electron chi connectivity index (χ4n) is 2.10. The maximum atomic E-state index is 5.85. The van der Waals surface area contributed by atoms with Crippen LogP contribution in [-0.2, 0) is 4.74 Å². The molecule has 2 N–H and O–H groups in total. The molecule has 0 atom stereocenters. The summed E-state index contributed by atoms with van der Waals surface area (Å²) < 4.78 is 5.34. The zero-order chi connectivity index (χ0) is 13.1. The fraction of sp³-hybridized carbons (Fsp3) is 0.308. The standard InChI is InChI=1S/C13H15N5O/c14-13-12(16-3-4-17-13)10-1-2-15-11(9-10)18-5-7-19-8-6-18/h1-4,9H,5-8H2,(H2,14,17). The summed E-state index contributed by atoms with van der Waals surface area (Å²) in [4.78, 5) is 14.9. The molecule has 1 aliphatic heterocycles. The lowest BCUT2D eigenvalue weighted by atomic mass is 10.2. The van der Waals surface area contributed by atoms with E-state index in [1.54, 1.807) is 18.6 Å². The van der Waals surface area contributed by atoms with Gasteiger partial charge < -0.3 is 15.4 Å². The van der Waals surface area contributed by atoms with Crippen LogP contribution in [0.4, 0.5) is 11.6 Å². The van der Waals surface area contributed by atoms with Crippen LogP contribution in [0.15, 0.2) is 30.7 Å². The fourth-order valence-corrected chi connectivity index (χ4v) is 2.10. The van der Waals surface area contributed by atoms with Crippen molar-refractivity contribution in [3.05, 3.63) is 30.7 Å². The van der Waals surface area contributed by atoms with Gasteiger partial charge in [-0.15, -0.1) is 0 Å². The van der Waals surface area contributed by atoms with Gasteiger partial charge in [0.1, 0.15) is 17.3 Å². The first-order valence-corrected chi connectivity index (χ1v) is 6.20. The van der Waals surface area contributed by atoms with Crippen LogP contribution in [0.3, 0.4) is 0 Å². The van der Waals surface area contributed by atoms with E-state index in [-0.39, 0.29) is 0 Å². The molecule has 19 heavy (non-hydrogen) atoms. The highest BCUT2D eigenvalue weighted by Gasteiger charge is 2.14. The summed E-state index contributed by atoms with van der Waals surface area (Å²) in [5, 5.41) is 0. The maximum absolute atomic E-state index is 5.85. The number of nitrogen functional groups attached to an aromatic ring is 1. The van der Waals surface area contributed by atoms with Crippen LogP contribution < -0.4 is 10.6 Å². The maximum Gasteiger partial charge on any atom is 0.149 e. The van der Waals surface area contributed by atoms with E-state index in [2.05, 4.69) is 19.9 Å². The molecule has 1 aliphatic rings. The third-order valence-corrected chi connectivity index (χ3v) is 3.08. The monoisotopic (exact) mass is 257 g/mol. The summed E-state index contributed by atoms with van der Waals surface area (Å²) in [7, 11) is 0. The lowest BCUT2D eigenvalue weighted by Gasteiger charge is -2.28. The second-order valence-electron chi connectivity index (χ2n) is 4.29. The van der Waals surface area contributed by atoms with Crippen LogP contribution in [0.5, 0.6) is 0 Å². The molecule has 6 nitrogen and oxygen atoms in total. The number of nitrogens with zero attached hydrogens (tertiary/aromatic N) is 4. The van der Waals surface area contributed by atoms with E-state index in [0.717, 1.165) is 37.7 Å². The van der Waals surface area contributed by atoms with Gasteiger partial charge in [0.15, 0.2) is 0 Å². The summed E-state index contributed by atoms with van der Waals surface area (Å²) in [5.41, 5.74) is 7.48. The number of aromatic nitrogens is 3. The number of anilines is 2. The van der Waals surface area contributed by atoms with Crippen LogP contribution in [-0.4, -0.2) is 41.3 Å². The van der Waals surface area contributed by atoms with Crippen molar-refractivity contribution < 1.29 is 4.74 Å². The van der Waals surface area contributed by atoms with Crippen molar-refractivity contribution in [2.45, 2.75) is 0 Å². The molecule has 3 heterocycles. The Labute approximate surface area is 111 Å². The third kappa shape index (κ3) is 2.48. The summed E-state index contributed by atoms with van der Waals surface area (Å²) in [6, 6.07) is 3.88. The zero-order valence-electron chi connectivity index (χ0n) is 10.5. The first-order valence-electron chi connectivity index (χ1n) is 6.20. The molecule has 0 aromatic carbocycles. The molecule has 0 amide bonds. The summed E-state index contributed by atoms with van der Waals surface area (Å²) >= 11 is 0. The van der Waals surface area contributed by atoms with Gasteiger partial charge in [-0.1, -0.05) is 0 Å². The number of ether oxygens (including phenoxy) is 1. The Morgan fingerprint density at radius 1 is 1.05 bits per heavy atom. The third-order valence-electron chi connectivity index (χ3n) is 3.08. The van der Waals surface area contributed by atoms with Gasteiger partial charge in [-0.2, -0.15) is 0 Å². The first-order chi connectivity index (χ1) is 9.34. The molecule has 0 saturated carbocycles. The van der Waals surface area contributed by atoms with Crippen molar-refractivity contribution in [2.24, 2.45) is 0 Å². The molecule has 0 aliphatic carbocycles. The molecular formula is C13H15N5O. The molecule has 0 unspecified atom stereocenters. The van der Waals surface area contributed by atoms with Gasteiger partial charge in [-0.3, -0.25) is 4.98 Å². The Kier molecular flexibility index (Phi) is 3.24. The lowest BCUT2D eigenvalue weighted by Crippen LogP contribution is -2.36. The van der Waals surface area contributed by atoms with Crippen LogP contribution in [0.1, 0.15) is 0 Å². The molecule has 1 fully saturated rings. The predicted octanol–water partition coefficient (Wildman–Crippen LogP) is 0.957. The highest BCUT2D eigenvalue weighted by atomic mass is 16.5. The van der Waals surface area contributed by atoms with E-state index in [0.29, 0.717) is 11.5 Å². The van der Waals surface area contributed by atoms with Crippen molar-refractivity contribution >= 4 is 11.6 Å². The van der Waals surface area contributed by atoms with Crippen molar-refractivity contribution in [3.8, 4) is 11.3 Å². The van der Waals surface area contributed by atoms with E-state index in [4.69, 9.17) is 10.5 Å². The number of hydrogen-bond acceptors (Lipinski definition) is 6. The summed E-state index contributed by atoms with van der Waals surface area (Å²) in [6.07, 6.45) is 5.00. The quantitative estimate of drug-likeness (QED) is 0.863. The van der Waals surface area contributed by atoms with Crippen molar-refractivity contribution in [3.63, 3.8) is 0 Å². The number of hydrogen-bond donors (Lipinski definition) is 1. The molecule has 2 aromatic heterocycles. The average Bonchev–Trinajstić information content (AvgIpc) is 2.49. The van der Waals surface area contributed by atoms with Crippen molar-refractivity contribution in [2.75, 3.05) is 36.9 Å². The van der Waals surface area contributed by atoms with Gasteiger partial charge in [0.25, 0.3) is 0 Å². The van der Waals surface area contributed by atoms with Gasteiger partial charge in [0, 0.05) is 37.2 Å². The van der Waals surface area contributed by atoms with Gasteiger partial charge in [0.05, 0.1) is 13.2 Å². The van der Waals surface area contributed by atoms with E-state index < -0.39 is 0 Å². The second-order valence-corrected chi connectivity index (χ2v) is 4.29. The van der Waals surface area contributed by atoms with Crippen LogP contribution in [0.2, 0.25) is 0 Å². The van der Waals surface area contributed by atoms with E-state index in [9.17, 15) is 0 Å². The number of rotatable bonds is 2. The Balaban J connectivity index is 1.93. The number of nitrogens with two attached hydrogens (primary N) is 1. The molecule has 0 bridgehead atoms. The normalized spacial score (nSPS) is 15.5. The Morgan fingerprint density at radius 3 is 2.63 bits per heavy atom. The Bertz CT molecular complexity index is 568. The molecule has 0 spiro atoms. The topological polar surface area (TPSA) is 77.2 Å². The molecule has 6 heteroatoms. The minimum atomic E-state index is 0.432. The second kappa shape index (κ2) is 5.19. The largest absolute Gasteiger partial charge is 0.382 e. The highest BCUT2D eigenvalue weighted by Crippen LogP contribution is 2.24. The van der Waals surface area contributed by atoms with Crippen LogP contribution in [0, 0.1) is 0 Å². The summed E-state index contributed by atoms with van der Waals surface area (Å²) in [6.45, 7) is 3.18. The van der Waals surface area contributed by atoms with E-state index >= 15 is 0 Å². The first kappa shape index (κ1) is 11.9. The van der Waals surface area contributed by atoms with Gasteiger partial charge >= 0.3 is 0 Å². The minimum Gasteiger partial charge on any atom is -0.382 e. The van der Waals surface area contributed by atoms with Gasteiger partial charge in [-0.25, -0.2) is 9.97 Å². The molecule has 0 radical (unpaired) electrons. The lowest BCUT2D eigenvalue weighted by molar-refractivity contribution is 0.122. The smallest absolute Gasteiger partial charge is 0.149 e. The summed E-state index contributed by atoms with van der Waals surface area (Å²) in [5.74, 6) is 1.35. The van der Waals surface area contributed by atoms with Crippen LogP contribution in [0.25, 0.3) is 11.3 Å². The molecule has 2 aromatic rings. The zero-order valence-corrected chi connectivity index (χ0v) is 10.5. The predicted molar refractivity (Wildman–Crippen MR) is 72.7 cm³/mol.